The average Bonchev–Trinajstić information content (AvgIpc) is 2.82. The number of rotatable bonds is 5. The van der Waals surface area contributed by atoms with Crippen LogP contribution in [-0.2, 0) is 9.59 Å². The molecule has 1 saturated carbocycles. The number of amides is 4. The van der Waals surface area contributed by atoms with Crippen LogP contribution in [0.5, 0.6) is 0 Å². The number of hydrogen-bond donors (Lipinski definition) is 3. The highest BCUT2D eigenvalue weighted by molar-refractivity contribution is 6.02. The molecule has 34 heavy (non-hydrogen) atoms. The van der Waals surface area contributed by atoms with E-state index in [4.69, 9.17) is 0 Å². The first-order valence-corrected chi connectivity index (χ1v) is 11.6. The molecule has 0 radical (unpaired) electrons. The third kappa shape index (κ3) is 5.35. The average molecular weight is 471 g/mol. The fourth-order valence-electron chi connectivity index (χ4n) is 4.57. The van der Waals surface area contributed by atoms with Crippen LogP contribution in [0.3, 0.4) is 0 Å². The van der Waals surface area contributed by atoms with Crippen molar-refractivity contribution in [3.05, 3.63) is 54.1 Å². The molecule has 7 nitrogen and oxygen atoms in total. The summed E-state index contributed by atoms with van der Waals surface area (Å²) in [6.07, 6.45) is 5.37. The molecule has 9 heteroatoms. The van der Waals surface area contributed by atoms with Crippen LogP contribution in [0.15, 0.2) is 42.5 Å². The van der Waals surface area contributed by atoms with Crippen molar-refractivity contribution in [3.8, 4) is 0 Å². The van der Waals surface area contributed by atoms with Crippen LogP contribution in [0, 0.1) is 11.6 Å². The second-order valence-corrected chi connectivity index (χ2v) is 8.85. The van der Waals surface area contributed by atoms with Gasteiger partial charge in [-0.15, -0.1) is 0 Å². The number of piperidine rings is 1. The summed E-state index contributed by atoms with van der Waals surface area (Å²) in [4.78, 5) is 39.6. The zero-order valence-corrected chi connectivity index (χ0v) is 18.8. The van der Waals surface area contributed by atoms with Gasteiger partial charge in [0.2, 0.25) is 11.8 Å². The smallest absolute Gasteiger partial charge is 0.320 e. The number of nitrogens with zero attached hydrogens (tertiary/aromatic N) is 1. The lowest BCUT2D eigenvalue weighted by atomic mass is 9.81. The molecular formula is C25H28F2N4O3. The maximum absolute atomic E-state index is 14.9. The van der Waals surface area contributed by atoms with Crippen molar-refractivity contribution in [1.82, 2.24) is 5.32 Å². The molecule has 2 fully saturated rings. The van der Waals surface area contributed by atoms with E-state index in [2.05, 4.69) is 16.0 Å². The first-order valence-electron chi connectivity index (χ1n) is 11.6. The Hall–Kier alpha value is -3.49. The number of halogens is 2. The van der Waals surface area contributed by atoms with E-state index >= 15 is 0 Å². The fourth-order valence-corrected chi connectivity index (χ4v) is 4.57. The Morgan fingerprint density at radius 3 is 2.29 bits per heavy atom. The zero-order chi connectivity index (χ0) is 24.1. The fraction of sp³-hybridized carbons (Fsp3) is 0.400. The van der Waals surface area contributed by atoms with E-state index in [1.54, 1.807) is 11.0 Å². The van der Waals surface area contributed by atoms with Gasteiger partial charge in [0.05, 0.1) is 5.69 Å². The number of hydrogen-bond acceptors (Lipinski definition) is 3. The number of urea groups is 1. The van der Waals surface area contributed by atoms with Gasteiger partial charge in [-0.3, -0.25) is 9.59 Å². The second kappa shape index (κ2) is 10.2. The van der Waals surface area contributed by atoms with Crippen LogP contribution >= 0.6 is 0 Å². The van der Waals surface area contributed by atoms with Gasteiger partial charge < -0.3 is 20.9 Å². The van der Waals surface area contributed by atoms with E-state index in [9.17, 15) is 23.2 Å². The SMILES string of the molecule is O=C(Nc1ccc(F)cc1)NC1(C(=O)Nc2ccc(N3CCCCC3=O)cc2F)CCCCC1. The van der Waals surface area contributed by atoms with Crippen molar-refractivity contribution < 1.29 is 23.2 Å². The van der Waals surface area contributed by atoms with E-state index in [1.165, 1.54) is 36.4 Å². The monoisotopic (exact) mass is 470 g/mol. The highest BCUT2D eigenvalue weighted by Crippen LogP contribution is 2.31. The van der Waals surface area contributed by atoms with Crippen molar-refractivity contribution in [2.45, 2.75) is 56.9 Å². The van der Waals surface area contributed by atoms with Crippen molar-refractivity contribution in [3.63, 3.8) is 0 Å². The van der Waals surface area contributed by atoms with Gasteiger partial charge in [0.15, 0.2) is 0 Å². The number of anilines is 3. The van der Waals surface area contributed by atoms with E-state index in [0.29, 0.717) is 37.2 Å². The van der Waals surface area contributed by atoms with Crippen LogP contribution in [0.2, 0.25) is 0 Å². The minimum absolute atomic E-state index is 0.0103. The molecule has 0 spiro atoms. The molecule has 0 unspecified atom stereocenters. The van der Waals surface area contributed by atoms with Crippen LogP contribution in [0.4, 0.5) is 30.6 Å². The highest BCUT2D eigenvalue weighted by atomic mass is 19.1. The van der Waals surface area contributed by atoms with Crippen molar-refractivity contribution >= 4 is 34.9 Å². The molecule has 1 aliphatic carbocycles. The van der Waals surface area contributed by atoms with Gasteiger partial charge in [0.1, 0.15) is 17.2 Å². The molecule has 2 aromatic carbocycles. The topological polar surface area (TPSA) is 90.5 Å². The standard InChI is InChI=1S/C25H28F2N4O3/c26-17-7-9-18(10-8-17)28-24(34)30-25(13-3-1-4-14-25)23(33)29-21-12-11-19(16-20(21)27)31-15-5-2-6-22(31)32/h7-12,16H,1-6,13-15H2,(H,29,33)(H2,28,30,34). The summed E-state index contributed by atoms with van der Waals surface area (Å²) in [5.41, 5.74) is -0.358. The van der Waals surface area contributed by atoms with E-state index < -0.39 is 29.1 Å². The summed E-state index contributed by atoms with van der Waals surface area (Å²) in [5.74, 6) is -1.61. The molecular weight excluding hydrogens is 442 g/mol. The lowest BCUT2D eigenvalue weighted by Gasteiger charge is -2.36. The first kappa shape index (κ1) is 23.7. The van der Waals surface area contributed by atoms with Gasteiger partial charge in [-0.05, 0) is 68.1 Å². The molecule has 3 N–H and O–H groups in total. The lowest BCUT2D eigenvalue weighted by Crippen LogP contribution is -2.58. The van der Waals surface area contributed by atoms with Crippen LogP contribution in [0.1, 0.15) is 51.4 Å². The molecule has 1 aliphatic heterocycles. The number of carbonyl (C=O) groups is 3. The second-order valence-electron chi connectivity index (χ2n) is 8.85. The third-order valence-corrected chi connectivity index (χ3v) is 6.43. The van der Waals surface area contributed by atoms with Crippen molar-refractivity contribution in [2.24, 2.45) is 0 Å². The van der Waals surface area contributed by atoms with Gasteiger partial charge in [-0.1, -0.05) is 19.3 Å². The molecule has 1 saturated heterocycles. The molecule has 2 aliphatic rings. The Bertz CT molecular complexity index is 1070. The van der Waals surface area contributed by atoms with Gasteiger partial charge in [0, 0.05) is 24.3 Å². The number of benzene rings is 2. The van der Waals surface area contributed by atoms with Gasteiger partial charge >= 0.3 is 6.03 Å². The molecule has 4 rings (SSSR count). The van der Waals surface area contributed by atoms with Gasteiger partial charge in [-0.2, -0.15) is 0 Å². The van der Waals surface area contributed by atoms with Crippen molar-refractivity contribution in [2.75, 3.05) is 22.1 Å². The summed E-state index contributed by atoms with van der Waals surface area (Å²) >= 11 is 0. The van der Waals surface area contributed by atoms with E-state index in [1.807, 2.05) is 0 Å². The first-order chi connectivity index (χ1) is 16.4. The Balaban J connectivity index is 1.47. The number of carbonyl (C=O) groups excluding carboxylic acids is 3. The normalized spacial score (nSPS) is 17.7. The lowest BCUT2D eigenvalue weighted by molar-refractivity contribution is -0.123. The summed E-state index contributed by atoms with van der Waals surface area (Å²) < 4.78 is 28.0. The Morgan fingerprint density at radius 2 is 1.62 bits per heavy atom. The summed E-state index contributed by atoms with van der Waals surface area (Å²) in [5, 5.41) is 8.01. The summed E-state index contributed by atoms with van der Waals surface area (Å²) in [7, 11) is 0. The van der Waals surface area contributed by atoms with Gasteiger partial charge in [-0.25, -0.2) is 13.6 Å². The number of nitrogens with one attached hydrogen (secondary N) is 3. The molecule has 2 aromatic rings. The van der Waals surface area contributed by atoms with Gasteiger partial charge in [0.25, 0.3) is 0 Å². The molecule has 0 bridgehead atoms. The summed E-state index contributed by atoms with van der Waals surface area (Å²) in [6.45, 7) is 0.542. The minimum atomic E-state index is -1.20. The van der Waals surface area contributed by atoms with E-state index in [-0.39, 0.29) is 11.6 Å². The summed E-state index contributed by atoms with van der Waals surface area (Å²) in [6, 6.07) is 9.01. The molecule has 180 valence electrons. The largest absolute Gasteiger partial charge is 0.323 e. The Labute approximate surface area is 196 Å². The molecule has 4 amide bonds. The third-order valence-electron chi connectivity index (χ3n) is 6.43. The zero-order valence-electron chi connectivity index (χ0n) is 18.8. The van der Waals surface area contributed by atoms with Crippen LogP contribution < -0.4 is 20.9 Å². The Kier molecular flexibility index (Phi) is 7.09. The maximum Gasteiger partial charge on any atom is 0.320 e. The van der Waals surface area contributed by atoms with Crippen molar-refractivity contribution in [1.29, 1.82) is 0 Å². The molecule has 0 atom stereocenters. The highest BCUT2D eigenvalue weighted by Gasteiger charge is 2.41. The molecule has 0 aromatic heterocycles. The Morgan fingerprint density at radius 1 is 0.882 bits per heavy atom. The molecule has 1 heterocycles. The predicted molar refractivity (Wildman–Crippen MR) is 126 cm³/mol. The maximum atomic E-state index is 14.9. The van der Waals surface area contributed by atoms with Crippen LogP contribution in [0.25, 0.3) is 0 Å². The minimum Gasteiger partial charge on any atom is -0.323 e. The van der Waals surface area contributed by atoms with E-state index in [0.717, 1.165) is 32.1 Å². The van der Waals surface area contributed by atoms with Crippen LogP contribution in [-0.4, -0.2) is 29.9 Å². The predicted octanol–water partition coefficient (Wildman–Crippen LogP) is 4.94. The quantitative estimate of drug-likeness (QED) is 0.578.